The highest BCUT2D eigenvalue weighted by Crippen LogP contribution is 2.23. The van der Waals surface area contributed by atoms with Crippen LogP contribution in [0.2, 0.25) is 0 Å². The minimum Gasteiger partial charge on any atom is -0.324 e. The van der Waals surface area contributed by atoms with Gasteiger partial charge in [-0.1, -0.05) is 17.2 Å². The summed E-state index contributed by atoms with van der Waals surface area (Å²) in [4.78, 5) is 43.4. The van der Waals surface area contributed by atoms with Crippen molar-refractivity contribution >= 4 is 17.8 Å². The number of nitrogens with zero attached hydrogens (tertiary/aromatic N) is 2. The van der Waals surface area contributed by atoms with E-state index in [9.17, 15) is 23.2 Å². The molecule has 2 aromatic rings. The van der Waals surface area contributed by atoms with E-state index in [2.05, 4.69) is 9.82 Å². The van der Waals surface area contributed by atoms with Crippen molar-refractivity contribution in [2.75, 3.05) is 0 Å². The number of fused-ring (bicyclic) bond motifs is 1. The van der Waals surface area contributed by atoms with Gasteiger partial charge in [-0.25, -0.2) is 14.2 Å². The lowest BCUT2D eigenvalue weighted by atomic mass is 10.1. The number of hydroxylamine groups is 2. The van der Waals surface area contributed by atoms with Gasteiger partial charge in [-0.15, -0.1) is 0 Å². The fourth-order valence-electron chi connectivity index (χ4n) is 1.97. The van der Waals surface area contributed by atoms with Crippen LogP contribution in [0.4, 0.5) is 8.78 Å². The zero-order valence-corrected chi connectivity index (χ0v) is 10.7. The van der Waals surface area contributed by atoms with Crippen LogP contribution >= 0.6 is 0 Å². The maximum Gasteiger partial charge on any atom is 0.371 e. The minimum absolute atomic E-state index is 0.0347. The normalized spacial score (nSPS) is 13.3. The zero-order chi connectivity index (χ0) is 15.9. The summed E-state index contributed by atoms with van der Waals surface area (Å²) in [6, 6.07) is 6.54. The first-order valence-electron chi connectivity index (χ1n) is 6.01. The van der Waals surface area contributed by atoms with Gasteiger partial charge in [0.1, 0.15) is 5.82 Å². The van der Waals surface area contributed by atoms with Crippen LogP contribution in [0, 0.1) is 11.8 Å². The van der Waals surface area contributed by atoms with E-state index in [0.29, 0.717) is 0 Å². The molecule has 3 rings (SSSR count). The molecule has 6 nitrogen and oxygen atoms in total. The fourth-order valence-corrected chi connectivity index (χ4v) is 1.97. The lowest BCUT2D eigenvalue weighted by Gasteiger charge is -2.12. The van der Waals surface area contributed by atoms with Crippen molar-refractivity contribution in [1.82, 2.24) is 10.0 Å². The van der Waals surface area contributed by atoms with E-state index >= 15 is 0 Å². The Labute approximate surface area is 121 Å². The number of pyridine rings is 1. The van der Waals surface area contributed by atoms with Gasteiger partial charge in [0.2, 0.25) is 5.95 Å². The number of imide groups is 1. The maximum atomic E-state index is 13.5. The summed E-state index contributed by atoms with van der Waals surface area (Å²) in [5, 5.41) is 0.166. The first-order valence-corrected chi connectivity index (χ1v) is 6.01. The monoisotopic (exact) mass is 304 g/mol. The van der Waals surface area contributed by atoms with E-state index in [1.807, 2.05) is 0 Å². The summed E-state index contributed by atoms with van der Waals surface area (Å²) in [6.07, 6.45) is 0.823. The molecule has 1 aromatic heterocycles. The van der Waals surface area contributed by atoms with Gasteiger partial charge in [-0.3, -0.25) is 9.59 Å². The van der Waals surface area contributed by atoms with E-state index in [1.165, 1.54) is 24.3 Å². The second-order valence-corrected chi connectivity index (χ2v) is 4.29. The molecule has 8 heteroatoms. The fraction of sp³-hybridized carbons (Fsp3) is 0. The van der Waals surface area contributed by atoms with Crippen molar-refractivity contribution in [1.29, 1.82) is 0 Å². The van der Waals surface area contributed by atoms with Crippen molar-refractivity contribution in [2.24, 2.45) is 0 Å². The molecule has 0 radical (unpaired) electrons. The van der Waals surface area contributed by atoms with Gasteiger partial charge < -0.3 is 4.84 Å². The SMILES string of the molecule is O=C(ON1C(=O)c2ccccc2C1=O)c1c(F)ccnc1F. The van der Waals surface area contributed by atoms with E-state index in [1.54, 1.807) is 0 Å². The van der Waals surface area contributed by atoms with Gasteiger partial charge in [-0.05, 0) is 18.2 Å². The zero-order valence-electron chi connectivity index (χ0n) is 10.7. The highest BCUT2D eigenvalue weighted by Gasteiger charge is 2.39. The smallest absolute Gasteiger partial charge is 0.324 e. The predicted molar refractivity (Wildman–Crippen MR) is 66.5 cm³/mol. The maximum absolute atomic E-state index is 13.5. The molecule has 0 fully saturated rings. The van der Waals surface area contributed by atoms with Gasteiger partial charge >= 0.3 is 5.97 Å². The molecule has 110 valence electrons. The second kappa shape index (κ2) is 4.99. The summed E-state index contributed by atoms with van der Waals surface area (Å²) >= 11 is 0. The first kappa shape index (κ1) is 13.8. The van der Waals surface area contributed by atoms with Gasteiger partial charge in [0, 0.05) is 6.20 Å². The Morgan fingerprint density at radius 2 is 1.64 bits per heavy atom. The third-order valence-corrected chi connectivity index (χ3v) is 2.99. The highest BCUT2D eigenvalue weighted by molar-refractivity contribution is 6.21. The number of rotatable bonds is 2. The summed E-state index contributed by atoms with van der Waals surface area (Å²) in [6.45, 7) is 0. The summed E-state index contributed by atoms with van der Waals surface area (Å²) in [5.41, 5.74) is -1.01. The van der Waals surface area contributed by atoms with E-state index < -0.39 is 35.1 Å². The quantitative estimate of drug-likeness (QED) is 0.624. The van der Waals surface area contributed by atoms with Crippen LogP contribution in [-0.2, 0) is 4.84 Å². The van der Waals surface area contributed by atoms with Gasteiger partial charge in [-0.2, -0.15) is 4.39 Å². The van der Waals surface area contributed by atoms with Crippen molar-refractivity contribution in [3.63, 3.8) is 0 Å². The minimum atomic E-state index is -1.53. The van der Waals surface area contributed by atoms with Gasteiger partial charge in [0.25, 0.3) is 11.8 Å². The molecule has 1 aromatic carbocycles. The average Bonchev–Trinajstić information content (AvgIpc) is 2.73. The number of aromatic nitrogens is 1. The number of carbonyl (C=O) groups is 3. The molecule has 0 spiro atoms. The Morgan fingerprint density at radius 1 is 1.05 bits per heavy atom. The lowest BCUT2D eigenvalue weighted by Crippen LogP contribution is -2.33. The van der Waals surface area contributed by atoms with Crippen molar-refractivity contribution in [3.05, 3.63) is 65.0 Å². The van der Waals surface area contributed by atoms with Crippen LogP contribution in [0.25, 0.3) is 0 Å². The number of hydrogen-bond acceptors (Lipinski definition) is 5. The van der Waals surface area contributed by atoms with E-state index in [-0.39, 0.29) is 16.2 Å². The number of amides is 2. The van der Waals surface area contributed by atoms with Crippen LogP contribution in [0.15, 0.2) is 36.5 Å². The second-order valence-electron chi connectivity index (χ2n) is 4.29. The Bertz CT molecular complexity index is 767. The van der Waals surface area contributed by atoms with Crippen LogP contribution in [0.3, 0.4) is 0 Å². The van der Waals surface area contributed by atoms with Crippen LogP contribution in [0.1, 0.15) is 31.1 Å². The summed E-state index contributed by atoms with van der Waals surface area (Å²) < 4.78 is 26.9. The summed E-state index contributed by atoms with van der Waals surface area (Å²) in [5.74, 6) is -5.93. The molecule has 0 unspecified atom stereocenters. The number of halogens is 2. The number of hydrogen-bond donors (Lipinski definition) is 0. The molecule has 0 bridgehead atoms. The Morgan fingerprint density at radius 3 is 2.18 bits per heavy atom. The molecule has 2 heterocycles. The lowest BCUT2D eigenvalue weighted by molar-refractivity contribution is -0.0591. The number of carbonyl (C=O) groups excluding carboxylic acids is 3. The standard InChI is InChI=1S/C14H6F2N2O4/c15-9-5-6-17-11(16)10(9)14(21)22-18-12(19)7-3-1-2-4-8(7)13(18)20/h1-6H. The molecule has 0 saturated heterocycles. The molecule has 22 heavy (non-hydrogen) atoms. The molecule has 0 saturated carbocycles. The molecule has 1 aliphatic heterocycles. The molecule has 2 amide bonds. The van der Waals surface area contributed by atoms with E-state index in [0.717, 1.165) is 12.3 Å². The van der Waals surface area contributed by atoms with Crippen LogP contribution < -0.4 is 0 Å². The predicted octanol–water partition coefficient (Wildman–Crippen LogP) is 1.73. The average molecular weight is 304 g/mol. The van der Waals surface area contributed by atoms with Gasteiger partial charge in [0.15, 0.2) is 5.56 Å². The molecule has 0 aliphatic carbocycles. The molecular formula is C14H6F2N2O4. The molecule has 1 aliphatic rings. The van der Waals surface area contributed by atoms with E-state index in [4.69, 9.17) is 0 Å². The summed E-state index contributed by atoms with van der Waals surface area (Å²) in [7, 11) is 0. The Hall–Kier alpha value is -3.16. The van der Waals surface area contributed by atoms with Crippen molar-refractivity contribution in [3.8, 4) is 0 Å². The van der Waals surface area contributed by atoms with Crippen LogP contribution in [0.5, 0.6) is 0 Å². The highest BCUT2D eigenvalue weighted by atomic mass is 19.1. The van der Waals surface area contributed by atoms with Crippen LogP contribution in [-0.4, -0.2) is 27.8 Å². The largest absolute Gasteiger partial charge is 0.371 e. The third kappa shape index (κ3) is 2.01. The third-order valence-electron chi connectivity index (χ3n) is 2.99. The molecule has 0 atom stereocenters. The molecular weight excluding hydrogens is 298 g/mol. The number of benzene rings is 1. The Balaban J connectivity index is 1.91. The van der Waals surface area contributed by atoms with Gasteiger partial charge in [0.05, 0.1) is 11.1 Å². The topological polar surface area (TPSA) is 76.6 Å². The van der Waals surface area contributed by atoms with Crippen molar-refractivity contribution < 1.29 is 28.0 Å². The Kier molecular flexibility index (Phi) is 3.13. The molecule has 0 N–H and O–H groups in total. The first-order chi connectivity index (χ1) is 10.5. The van der Waals surface area contributed by atoms with Crippen molar-refractivity contribution in [2.45, 2.75) is 0 Å².